The molecule has 24 heavy (non-hydrogen) atoms. The number of esters is 1. The quantitative estimate of drug-likeness (QED) is 0.464. The van der Waals surface area contributed by atoms with Gasteiger partial charge in [0.05, 0.1) is 5.71 Å². The first-order valence-electron chi connectivity index (χ1n) is 7.48. The maximum absolute atomic E-state index is 11.6. The topological polar surface area (TPSA) is 66.4 Å². The van der Waals surface area contributed by atoms with Crippen LogP contribution in [0.5, 0.6) is 11.5 Å². The smallest absolute Gasteiger partial charge is 0.347 e. The molecule has 0 spiro atoms. The number of ether oxygens (including phenoxy) is 3. The summed E-state index contributed by atoms with van der Waals surface area (Å²) in [7, 11) is 0. The summed E-state index contributed by atoms with van der Waals surface area (Å²) in [5, 5.41) is 3.93. The number of carbonyl (C=O) groups excluding carboxylic acids is 1. The minimum atomic E-state index is -0.471. The third-order valence-corrected chi connectivity index (χ3v) is 3.42. The van der Waals surface area contributed by atoms with Crippen molar-refractivity contribution in [3.05, 3.63) is 59.7 Å². The van der Waals surface area contributed by atoms with E-state index in [0.29, 0.717) is 17.2 Å². The average Bonchev–Trinajstić information content (AvgIpc) is 3.08. The molecule has 0 fully saturated rings. The maximum atomic E-state index is 11.6. The van der Waals surface area contributed by atoms with Gasteiger partial charge >= 0.3 is 5.97 Å². The molecule has 1 aliphatic rings. The van der Waals surface area contributed by atoms with Crippen LogP contribution in [0.4, 0.5) is 0 Å². The van der Waals surface area contributed by atoms with Crippen LogP contribution in [0.25, 0.3) is 0 Å². The second-order valence-corrected chi connectivity index (χ2v) is 5.16. The van der Waals surface area contributed by atoms with E-state index in [9.17, 15) is 4.79 Å². The Labute approximate surface area is 139 Å². The zero-order valence-electron chi connectivity index (χ0n) is 13.2. The number of nitrogens with zero attached hydrogens (tertiary/aromatic N) is 1. The Morgan fingerprint density at radius 1 is 1.12 bits per heavy atom. The van der Waals surface area contributed by atoms with Gasteiger partial charge in [-0.05, 0) is 30.7 Å². The van der Waals surface area contributed by atoms with Crippen molar-refractivity contribution < 1.29 is 23.8 Å². The van der Waals surface area contributed by atoms with Crippen molar-refractivity contribution in [2.24, 2.45) is 5.16 Å². The number of hydrogen-bond donors (Lipinski definition) is 0. The van der Waals surface area contributed by atoms with Gasteiger partial charge in [-0.1, -0.05) is 35.5 Å². The van der Waals surface area contributed by atoms with Crippen molar-refractivity contribution in [3.63, 3.8) is 0 Å². The first kappa shape index (κ1) is 15.9. The number of rotatable bonds is 6. The van der Waals surface area contributed by atoms with E-state index in [1.165, 1.54) is 0 Å². The van der Waals surface area contributed by atoms with Crippen LogP contribution >= 0.6 is 0 Å². The third kappa shape index (κ3) is 4.04. The molecule has 6 heteroatoms. The minimum absolute atomic E-state index is 0.216. The van der Waals surface area contributed by atoms with Crippen LogP contribution in [0.2, 0.25) is 0 Å². The Bertz CT molecular complexity index is 742. The fraction of sp³-hybridized carbons (Fsp3) is 0.222. The molecule has 124 valence electrons. The minimum Gasteiger partial charge on any atom is -0.458 e. The van der Waals surface area contributed by atoms with Crippen LogP contribution in [0.15, 0.2) is 53.7 Å². The molecule has 0 unspecified atom stereocenters. The van der Waals surface area contributed by atoms with Crippen molar-refractivity contribution >= 4 is 11.7 Å². The van der Waals surface area contributed by atoms with Crippen LogP contribution in [0.1, 0.15) is 18.1 Å². The lowest BCUT2D eigenvalue weighted by Gasteiger charge is -2.05. The van der Waals surface area contributed by atoms with Crippen molar-refractivity contribution in [1.82, 2.24) is 0 Å². The second kappa shape index (κ2) is 7.50. The highest BCUT2D eigenvalue weighted by Gasteiger charge is 2.14. The molecular formula is C18H17NO5. The lowest BCUT2D eigenvalue weighted by molar-refractivity contribution is -0.150. The molecule has 2 aromatic carbocycles. The van der Waals surface area contributed by atoms with Gasteiger partial charge < -0.3 is 19.0 Å². The zero-order chi connectivity index (χ0) is 16.8. The van der Waals surface area contributed by atoms with Crippen LogP contribution in [-0.2, 0) is 21.0 Å². The Balaban J connectivity index is 1.47. The highest BCUT2D eigenvalue weighted by Crippen LogP contribution is 2.32. The summed E-state index contributed by atoms with van der Waals surface area (Å²) in [6, 6.07) is 14.9. The molecular weight excluding hydrogens is 310 g/mol. The number of carbonyl (C=O) groups is 1. The van der Waals surface area contributed by atoms with Crippen molar-refractivity contribution in [2.45, 2.75) is 13.5 Å². The van der Waals surface area contributed by atoms with Gasteiger partial charge in [-0.2, -0.15) is 0 Å². The van der Waals surface area contributed by atoms with E-state index in [-0.39, 0.29) is 20.0 Å². The number of hydrogen-bond acceptors (Lipinski definition) is 6. The van der Waals surface area contributed by atoms with E-state index in [1.807, 2.05) is 48.5 Å². The van der Waals surface area contributed by atoms with Crippen LogP contribution in [-0.4, -0.2) is 25.1 Å². The fourth-order valence-electron chi connectivity index (χ4n) is 2.14. The molecule has 0 radical (unpaired) electrons. The summed E-state index contributed by atoms with van der Waals surface area (Å²) in [4.78, 5) is 16.7. The average molecular weight is 327 g/mol. The Kier molecular flexibility index (Phi) is 4.96. The van der Waals surface area contributed by atoms with Gasteiger partial charge in [-0.3, -0.25) is 0 Å². The lowest BCUT2D eigenvalue weighted by atomic mass is 10.1. The largest absolute Gasteiger partial charge is 0.458 e. The molecule has 0 saturated carbocycles. The second-order valence-electron chi connectivity index (χ2n) is 5.16. The summed E-state index contributed by atoms with van der Waals surface area (Å²) in [5.41, 5.74) is 2.38. The van der Waals surface area contributed by atoms with E-state index in [1.54, 1.807) is 6.92 Å². The highest BCUT2D eigenvalue weighted by molar-refractivity contribution is 5.99. The molecule has 0 aliphatic carbocycles. The third-order valence-electron chi connectivity index (χ3n) is 3.42. The van der Waals surface area contributed by atoms with Crippen LogP contribution < -0.4 is 9.47 Å². The summed E-state index contributed by atoms with van der Waals surface area (Å²) in [6.07, 6.45) is 0. The molecule has 3 rings (SSSR count). The Morgan fingerprint density at radius 3 is 2.75 bits per heavy atom. The van der Waals surface area contributed by atoms with Gasteiger partial charge in [-0.25, -0.2) is 4.79 Å². The number of fused-ring (bicyclic) bond motifs is 1. The molecule has 0 amide bonds. The predicted molar refractivity (Wildman–Crippen MR) is 87.0 cm³/mol. The van der Waals surface area contributed by atoms with Gasteiger partial charge in [0.2, 0.25) is 13.4 Å². The van der Waals surface area contributed by atoms with Crippen molar-refractivity contribution in [1.29, 1.82) is 0 Å². The molecule has 0 N–H and O–H groups in total. The Morgan fingerprint density at radius 2 is 1.92 bits per heavy atom. The van der Waals surface area contributed by atoms with E-state index in [0.717, 1.165) is 11.1 Å². The summed E-state index contributed by atoms with van der Waals surface area (Å²) in [6.45, 7) is 1.98. The van der Waals surface area contributed by atoms with Gasteiger partial charge in [-0.15, -0.1) is 0 Å². The van der Waals surface area contributed by atoms with E-state index in [2.05, 4.69) is 5.16 Å². The molecule has 1 aliphatic heterocycles. The van der Waals surface area contributed by atoms with Gasteiger partial charge in [0, 0.05) is 5.56 Å². The van der Waals surface area contributed by atoms with Gasteiger partial charge in [0.15, 0.2) is 11.5 Å². The van der Waals surface area contributed by atoms with Crippen LogP contribution in [0.3, 0.4) is 0 Å². The van der Waals surface area contributed by atoms with Crippen LogP contribution in [0, 0.1) is 0 Å². The Hall–Kier alpha value is -3.02. The van der Waals surface area contributed by atoms with Gasteiger partial charge in [0.1, 0.15) is 6.61 Å². The summed E-state index contributed by atoms with van der Waals surface area (Å²) >= 11 is 0. The molecule has 6 nitrogen and oxygen atoms in total. The molecule has 0 atom stereocenters. The first-order chi connectivity index (χ1) is 11.7. The number of benzene rings is 2. The van der Waals surface area contributed by atoms with E-state index >= 15 is 0 Å². The fourth-order valence-corrected chi connectivity index (χ4v) is 2.14. The zero-order valence-corrected chi connectivity index (χ0v) is 13.2. The first-order valence-corrected chi connectivity index (χ1v) is 7.48. The lowest BCUT2D eigenvalue weighted by Crippen LogP contribution is -2.11. The van der Waals surface area contributed by atoms with Gasteiger partial charge in [0.25, 0.3) is 0 Å². The molecule has 2 aromatic rings. The standard InChI is InChI=1S/C18H17NO5/c1-13(15-7-8-16-17(9-15)23-12-22-16)19-24-11-18(20)21-10-14-5-3-2-4-6-14/h2-9H,10-12H2,1H3/b19-13-. The molecule has 0 bridgehead atoms. The normalized spacial score (nSPS) is 12.8. The number of oxime groups is 1. The summed E-state index contributed by atoms with van der Waals surface area (Å²) in [5.74, 6) is 0.905. The van der Waals surface area contributed by atoms with Crippen molar-refractivity contribution in [3.8, 4) is 11.5 Å². The monoisotopic (exact) mass is 327 g/mol. The molecule has 0 aromatic heterocycles. The summed E-state index contributed by atoms with van der Waals surface area (Å²) < 4.78 is 15.7. The van der Waals surface area contributed by atoms with Crippen molar-refractivity contribution in [2.75, 3.05) is 13.4 Å². The SMILES string of the molecule is C/C(=N/OCC(=O)OCc1ccccc1)c1ccc2c(c1)OCO2. The predicted octanol–water partition coefficient (Wildman–Crippen LogP) is 2.90. The molecule has 1 heterocycles. The van der Waals surface area contributed by atoms with E-state index < -0.39 is 5.97 Å². The molecule has 0 saturated heterocycles. The van der Waals surface area contributed by atoms with E-state index in [4.69, 9.17) is 19.0 Å². The maximum Gasteiger partial charge on any atom is 0.347 e. The highest BCUT2D eigenvalue weighted by atomic mass is 16.7.